The highest BCUT2D eigenvalue weighted by Crippen LogP contribution is 2.29. The van der Waals surface area contributed by atoms with E-state index in [1.807, 2.05) is 0 Å². The highest BCUT2D eigenvalue weighted by atomic mass is 79.9. The molecular weight excluding hydrogens is 300 g/mol. The van der Waals surface area contributed by atoms with E-state index < -0.39 is 6.10 Å². The van der Waals surface area contributed by atoms with Gasteiger partial charge < -0.3 is 15.0 Å². The highest BCUT2D eigenvalue weighted by Gasteiger charge is 2.24. The van der Waals surface area contributed by atoms with Crippen LogP contribution < -0.4 is 10.9 Å². The molecule has 1 unspecified atom stereocenters. The Morgan fingerprint density at radius 1 is 1.67 bits per heavy atom. The molecule has 98 valence electrons. The van der Waals surface area contributed by atoms with Crippen LogP contribution in [-0.4, -0.2) is 23.6 Å². The second-order valence-corrected chi connectivity index (χ2v) is 5.38. The number of aromatic amines is 1. The van der Waals surface area contributed by atoms with Crippen molar-refractivity contribution in [2.45, 2.75) is 25.9 Å². The summed E-state index contributed by atoms with van der Waals surface area (Å²) in [4.78, 5) is 25.8. The van der Waals surface area contributed by atoms with Crippen LogP contribution in [0.2, 0.25) is 0 Å². The summed E-state index contributed by atoms with van der Waals surface area (Å²) in [5.41, 5.74) is -0.114. The molecule has 1 fully saturated rings. The molecule has 1 heterocycles. The lowest BCUT2D eigenvalue weighted by atomic mass is 10.3. The summed E-state index contributed by atoms with van der Waals surface area (Å²) >= 11 is 3.23. The van der Waals surface area contributed by atoms with E-state index in [-0.39, 0.29) is 17.2 Å². The van der Waals surface area contributed by atoms with Gasteiger partial charge in [-0.15, -0.1) is 0 Å². The molecule has 0 radical (unpaired) electrons. The number of aromatic nitrogens is 1. The van der Waals surface area contributed by atoms with Crippen LogP contribution in [-0.2, 0) is 9.53 Å². The number of carbonyl (C=O) groups is 1. The summed E-state index contributed by atoms with van der Waals surface area (Å²) in [7, 11) is 0. The first kappa shape index (κ1) is 13.3. The fourth-order valence-electron chi connectivity index (χ4n) is 1.43. The van der Waals surface area contributed by atoms with Crippen molar-refractivity contribution >= 4 is 27.5 Å². The first-order valence-corrected chi connectivity index (χ1v) is 6.66. The first-order valence-electron chi connectivity index (χ1n) is 5.87. The van der Waals surface area contributed by atoms with Crippen LogP contribution in [0.5, 0.6) is 0 Å². The molecule has 1 amide bonds. The molecule has 1 aromatic heterocycles. The molecule has 2 rings (SSSR count). The van der Waals surface area contributed by atoms with E-state index in [1.165, 1.54) is 19.0 Å². The van der Waals surface area contributed by atoms with Crippen LogP contribution in [0.15, 0.2) is 21.5 Å². The van der Waals surface area contributed by atoms with Crippen molar-refractivity contribution in [3.05, 3.63) is 27.1 Å². The zero-order valence-electron chi connectivity index (χ0n) is 10.0. The van der Waals surface area contributed by atoms with Gasteiger partial charge in [0.25, 0.3) is 11.5 Å². The number of halogens is 1. The molecular formula is C12H15BrN2O3. The van der Waals surface area contributed by atoms with Crippen LogP contribution in [0.4, 0.5) is 5.69 Å². The van der Waals surface area contributed by atoms with Crippen molar-refractivity contribution in [1.29, 1.82) is 0 Å². The Labute approximate surface area is 113 Å². The largest absolute Gasteiger partial charge is 0.368 e. The Morgan fingerprint density at radius 2 is 2.39 bits per heavy atom. The van der Waals surface area contributed by atoms with Crippen LogP contribution >= 0.6 is 15.9 Å². The number of hydrogen-bond donors (Lipinski definition) is 2. The Hall–Kier alpha value is -1.14. The van der Waals surface area contributed by atoms with E-state index in [0.29, 0.717) is 17.0 Å². The Bertz CT molecular complexity index is 496. The lowest BCUT2D eigenvalue weighted by Crippen LogP contribution is -2.30. The number of H-pyrrole nitrogens is 1. The van der Waals surface area contributed by atoms with Crippen molar-refractivity contribution in [3.63, 3.8) is 0 Å². The highest BCUT2D eigenvalue weighted by molar-refractivity contribution is 9.10. The van der Waals surface area contributed by atoms with Crippen molar-refractivity contribution in [1.82, 2.24) is 4.98 Å². The summed E-state index contributed by atoms with van der Waals surface area (Å²) in [6.07, 6.45) is 3.33. The second kappa shape index (κ2) is 5.67. The topological polar surface area (TPSA) is 71.2 Å². The third kappa shape index (κ3) is 3.68. The maximum Gasteiger partial charge on any atom is 0.271 e. The number of nitrogens with one attached hydrogen (secondary N) is 2. The Balaban J connectivity index is 1.92. The lowest BCUT2D eigenvalue weighted by molar-refractivity contribution is -0.126. The van der Waals surface area contributed by atoms with E-state index in [1.54, 1.807) is 13.0 Å². The average Bonchev–Trinajstić information content (AvgIpc) is 3.14. The summed E-state index contributed by atoms with van der Waals surface area (Å²) in [6.45, 7) is 2.30. The molecule has 0 bridgehead atoms. The van der Waals surface area contributed by atoms with Gasteiger partial charge in [-0.05, 0) is 47.7 Å². The van der Waals surface area contributed by atoms with Gasteiger partial charge >= 0.3 is 0 Å². The van der Waals surface area contributed by atoms with Gasteiger partial charge in [0.05, 0.1) is 6.61 Å². The van der Waals surface area contributed by atoms with E-state index in [9.17, 15) is 9.59 Å². The standard InChI is InChI=1S/C12H15BrN2O3/c1-7(18-6-8-2-3-8)11(16)15-10-4-9(13)5-14-12(10)17/h4-5,7-8H,2-3,6H2,1H3,(H,14,17)(H,15,16). The molecule has 6 heteroatoms. The lowest BCUT2D eigenvalue weighted by Gasteiger charge is -2.12. The smallest absolute Gasteiger partial charge is 0.271 e. The first-order chi connectivity index (χ1) is 8.56. The summed E-state index contributed by atoms with van der Waals surface area (Å²) in [6, 6.07) is 1.56. The van der Waals surface area contributed by atoms with Gasteiger partial charge in [-0.3, -0.25) is 9.59 Å². The van der Waals surface area contributed by atoms with E-state index in [2.05, 4.69) is 26.2 Å². The minimum absolute atomic E-state index is 0.219. The van der Waals surface area contributed by atoms with Crippen molar-refractivity contribution in [2.24, 2.45) is 5.92 Å². The minimum Gasteiger partial charge on any atom is -0.368 e. The molecule has 0 aromatic carbocycles. The van der Waals surface area contributed by atoms with Crippen LogP contribution in [0.3, 0.4) is 0 Å². The van der Waals surface area contributed by atoms with Gasteiger partial charge in [0.15, 0.2) is 0 Å². The van der Waals surface area contributed by atoms with Gasteiger partial charge in [-0.2, -0.15) is 0 Å². The second-order valence-electron chi connectivity index (χ2n) is 4.47. The molecule has 0 aliphatic heterocycles. The molecule has 0 saturated heterocycles. The SMILES string of the molecule is CC(OCC1CC1)C(=O)Nc1cc(Br)c[nH]c1=O. The maximum atomic E-state index is 11.8. The van der Waals surface area contributed by atoms with Gasteiger partial charge in [-0.25, -0.2) is 0 Å². The Morgan fingerprint density at radius 3 is 3.06 bits per heavy atom. The summed E-state index contributed by atoms with van der Waals surface area (Å²) in [5, 5.41) is 2.56. The van der Waals surface area contributed by atoms with Crippen LogP contribution in [0.25, 0.3) is 0 Å². The predicted molar refractivity (Wildman–Crippen MR) is 71.5 cm³/mol. The van der Waals surface area contributed by atoms with E-state index in [4.69, 9.17) is 4.74 Å². The summed E-state index contributed by atoms with van der Waals surface area (Å²) < 4.78 is 6.13. The van der Waals surface area contributed by atoms with E-state index >= 15 is 0 Å². The number of pyridine rings is 1. The number of hydrogen-bond acceptors (Lipinski definition) is 3. The fraction of sp³-hybridized carbons (Fsp3) is 0.500. The molecule has 1 aliphatic carbocycles. The number of anilines is 1. The normalized spacial score (nSPS) is 16.3. The fourth-order valence-corrected chi connectivity index (χ4v) is 1.77. The molecule has 2 N–H and O–H groups in total. The zero-order chi connectivity index (χ0) is 13.1. The zero-order valence-corrected chi connectivity index (χ0v) is 11.6. The molecule has 18 heavy (non-hydrogen) atoms. The molecule has 1 saturated carbocycles. The van der Waals surface area contributed by atoms with Crippen LogP contribution in [0, 0.1) is 5.92 Å². The van der Waals surface area contributed by atoms with Crippen molar-refractivity contribution in [3.8, 4) is 0 Å². The van der Waals surface area contributed by atoms with Crippen LogP contribution in [0.1, 0.15) is 19.8 Å². The van der Waals surface area contributed by atoms with Crippen molar-refractivity contribution < 1.29 is 9.53 Å². The van der Waals surface area contributed by atoms with Gasteiger partial charge in [-0.1, -0.05) is 0 Å². The molecule has 1 atom stereocenters. The van der Waals surface area contributed by atoms with Gasteiger partial charge in [0.2, 0.25) is 0 Å². The third-order valence-corrected chi connectivity index (χ3v) is 3.23. The van der Waals surface area contributed by atoms with Gasteiger partial charge in [0, 0.05) is 10.7 Å². The molecule has 0 spiro atoms. The molecule has 5 nitrogen and oxygen atoms in total. The molecule has 1 aliphatic rings. The Kier molecular flexibility index (Phi) is 4.19. The van der Waals surface area contributed by atoms with E-state index in [0.717, 1.165) is 0 Å². The number of ether oxygens (including phenoxy) is 1. The number of rotatable bonds is 5. The number of carbonyl (C=O) groups excluding carboxylic acids is 1. The third-order valence-electron chi connectivity index (χ3n) is 2.77. The average molecular weight is 315 g/mol. The predicted octanol–water partition coefficient (Wildman–Crippen LogP) is 1.89. The maximum absolute atomic E-state index is 11.8. The monoisotopic (exact) mass is 314 g/mol. The number of amides is 1. The minimum atomic E-state index is -0.552. The summed E-state index contributed by atoms with van der Waals surface area (Å²) in [5.74, 6) is 0.300. The van der Waals surface area contributed by atoms with Crippen molar-refractivity contribution in [2.75, 3.05) is 11.9 Å². The quantitative estimate of drug-likeness (QED) is 0.872. The van der Waals surface area contributed by atoms with Gasteiger partial charge in [0.1, 0.15) is 11.8 Å². The molecule has 1 aromatic rings.